The Morgan fingerprint density at radius 1 is 1.33 bits per heavy atom. The topological polar surface area (TPSA) is 55.4 Å². The maximum Gasteiger partial charge on any atom is 0.215 e. The molecule has 1 fully saturated rings. The van der Waals surface area contributed by atoms with E-state index in [-0.39, 0.29) is 11.8 Å². The molecule has 1 aliphatic rings. The Morgan fingerprint density at radius 3 is 2.56 bits per heavy atom. The molecule has 0 bridgehead atoms. The number of methoxy groups -OCH3 is 1. The van der Waals surface area contributed by atoms with Crippen LogP contribution in [0.15, 0.2) is 24.3 Å². The van der Waals surface area contributed by atoms with Crippen LogP contribution in [-0.4, -0.2) is 27.3 Å². The van der Waals surface area contributed by atoms with Crippen LogP contribution in [0.5, 0.6) is 5.75 Å². The average molecular weight is 265 g/mol. The van der Waals surface area contributed by atoms with E-state index in [4.69, 9.17) is 4.74 Å². The fourth-order valence-electron chi connectivity index (χ4n) is 1.45. The van der Waals surface area contributed by atoms with Crippen molar-refractivity contribution in [1.82, 2.24) is 4.72 Å². The summed E-state index contributed by atoms with van der Waals surface area (Å²) in [5.41, 5.74) is 0.835. The van der Waals surface area contributed by atoms with E-state index in [0.29, 0.717) is 0 Å². The van der Waals surface area contributed by atoms with Crippen LogP contribution in [0, 0.1) is 11.8 Å². The lowest BCUT2D eigenvalue weighted by molar-refractivity contribution is 0.415. The van der Waals surface area contributed by atoms with Gasteiger partial charge in [-0.05, 0) is 37.1 Å². The predicted molar refractivity (Wildman–Crippen MR) is 69.8 cm³/mol. The second-order valence-corrected chi connectivity index (χ2v) is 6.14. The van der Waals surface area contributed by atoms with Crippen molar-refractivity contribution in [3.8, 4) is 17.6 Å². The summed E-state index contributed by atoms with van der Waals surface area (Å²) >= 11 is 0. The van der Waals surface area contributed by atoms with Crippen LogP contribution in [-0.2, 0) is 10.0 Å². The number of benzene rings is 1. The molecule has 5 heteroatoms. The minimum atomic E-state index is -3.12. The summed E-state index contributed by atoms with van der Waals surface area (Å²) in [7, 11) is -1.52. The Bertz CT molecular complexity index is 562. The fourth-order valence-corrected chi connectivity index (χ4v) is 2.72. The highest BCUT2D eigenvalue weighted by Gasteiger charge is 2.34. The van der Waals surface area contributed by atoms with Gasteiger partial charge in [0.2, 0.25) is 10.0 Å². The molecule has 0 amide bonds. The lowest BCUT2D eigenvalue weighted by Gasteiger charge is -2.00. The molecule has 0 spiro atoms. The largest absolute Gasteiger partial charge is 0.497 e. The molecule has 0 radical (unpaired) electrons. The van der Waals surface area contributed by atoms with Gasteiger partial charge in [0.15, 0.2) is 0 Å². The van der Waals surface area contributed by atoms with E-state index in [9.17, 15) is 8.42 Å². The van der Waals surface area contributed by atoms with Gasteiger partial charge in [-0.2, -0.15) is 0 Å². The summed E-state index contributed by atoms with van der Waals surface area (Å²) in [4.78, 5) is 0. The lowest BCUT2D eigenvalue weighted by Crippen LogP contribution is -2.27. The molecule has 0 aromatic heterocycles. The van der Waals surface area contributed by atoms with Crippen LogP contribution in [0.25, 0.3) is 0 Å². The zero-order chi connectivity index (χ0) is 13.0. The highest BCUT2D eigenvalue weighted by atomic mass is 32.2. The Morgan fingerprint density at radius 2 is 2.00 bits per heavy atom. The number of nitrogens with one attached hydrogen (secondary N) is 1. The third-order valence-electron chi connectivity index (χ3n) is 2.65. The first-order chi connectivity index (χ1) is 8.62. The molecule has 96 valence electrons. The average Bonchev–Trinajstić information content (AvgIpc) is 3.20. The van der Waals surface area contributed by atoms with E-state index in [1.54, 1.807) is 7.11 Å². The van der Waals surface area contributed by atoms with Crippen molar-refractivity contribution in [3.63, 3.8) is 0 Å². The van der Waals surface area contributed by atoms with Crippen LogP contribution >= 0.6 is 0 Å². The van der Waals surface area contributed by atoms with E-state index in [2.05, 4.69) is 16.6 Å². The molecule has 0 aliphatic heterocycles. The highest BCUT2D eigenvalue weighted by molar-refractivity contribution is 7.90. The van der Waals surface area contributed by atoms with Crippen molar-refractivity contribution >= 4 is 10.0 Å². The van der Waals surface area contributed by atoms with Gasteiger partial charge in [-0.15, -0.1) is 0 Å². The van der Waals surface area contributed by atoms with Gasteiger partial charge in [-0.25, -0.2) is 13.1 Å². The van der Waals surface area contributed by atoms with E-state index >= 15 is 0 Å². The molecule has 1 aliphatic carbocycles. The zero-order valence-electron chi connectivity index (χ0n) is 10.1. The third-order valence-corrected chi connectivity index (χ3v) is 4.54. The Balaban J connectivity index is 1.88. The van der Waals surface area contributed by atoms with Gasteiger partial charge in [0.25, 0.3) is 0 Å². The lowest BCUT2D eigenvalue weighted by atomic mass is 10.2. The van der Waals surface area contributed by atoms with Gasteiger partial charge in [0.05, 0.1) is 18.9 Å². The molecular weight excluding hydrogens is 250 g/mol. The molecule has 1 aromatic carbocycles. The van der Waals surface area contributed by atoms with Crippen LogP contribution in [0.2, 0.25) is 0 Å². The first-order valence-corrected chi connectivity index (χ1v) is 7.28. The van der Waals surface area contributed by atoms with Crippen molar-refractivity contribution in [2.24, 2.45) is 0 Å². The van der Waals surface area contributed by atoms with E-state index in [1.807, 2.05) is 24.3 Å². The van der Waals surface area contributed by atoms with Crippen LogP contribution < -0.4 is 9.46 Å². The SMILES string of the molecule is COc1ccc(C#CCNS(=O)(=O)C2CC2)cc1. The summed E-state index contributed by atoms with van der Waals surface area (Å²) in [5, 5.41) is -0.194. The maximum atomic E-state index is 11.5. The number of hydrogen-bond donors (Lipinski definition) is 1. The first kappa shape index (κ1) is 12.9. The molecule has 18 heavy (non-hydrogen) atoms. The van der Waals surface area contributed by atoms with Crippen LogP contribution in [0.1, 0.15) is 18.4 Å². The Hall–Kier alpha value is -1.51. The van der Waals surface area contributed by atoms with Crippen LogP contribution in [0.3, 0.4) is 0 Å². The van der Waals surface area contributed by atoms with Gasteiger partial charge < -0.3 is 4.74 Å². The van der Waals surface area contributed by atoms with Crippen molar-refractivity contribution < 1.29 is 13.2 Å². The minimum Gasteiger partial charge on any atom is -0.497 e. The second kappa shape index (κ2) is 5.42. The Labute approximate surface area is 107 Å². The number of ether oxygens (including phenoxy) is 1. The van der Waals surface area contributed by atoms with Crippen molar-refractivity contribution in [1.29, 1.82) is 0 Å². The fraction of sp³-hybridized carbons (Fsp3) is 0.385. The molecule has 0 atom stereocenters. The Kier molecular flexibility index (Phi) is 3.90. The maximum absolute atomic E-state index is 11.5. The first-order valence-electron chi connectivity index (χ1n) is 5.73. The van der Waals surface area contributed by atoms with Crippen molar-refractivity contribution in [2.75, 3.05) is 13.7 Å². The molecule has 0 saturated heterocycles. The predicted octanol–water partition coefficient (Wildman–Crippen LogP) is 1.13. The molecule has 1 aromatic rings. The molecule has 0 unspecified atom stereocenters. The third kappa shape index (κ3) is 3.49. The van der Waals surface area contributed by atoms with Crippen molar-refractivity contribution in [2.45, 2.75) is 18.1 Å². The standard InChI is InChI=1S/C13H15NO3S/c1-17-12-6-4-11(5-7-12)3-2-10-14-18(15,16)13-8-9-13/h4-7,13-14H,8-10H2,1H3. The summed E-state index contributed by atoms with van der Waals surface area (Å²) in [6, 6.07) is 7.30. The van der Waals surface area contributed by atoms with E-state index in [0.717, 1.165) is 24.2 Å². The smallest absolute Gasteiger partial charge is 0.215 e. The van der Waals surface area contributed by atoms with Gasteiger partial charge >= 0.3 is 0 Å². The summed E-state index contributed by atoms with van der Waals surface area (Å²) in [6.07, 6.45) is 1.53. The molecule has 1 saturated carbocycles. The second-order valence-electron chi connectivity index (χ2n) is 4.10. The van der Waals surface area contributed by atoms with Crippen molar-refractivity contribution in [3.05, 3.63) is 29.8 Å². The molecule has 1 N–H and O–H groups in total. The van der Waals surface area contributed by atoms with Gasteiger partial charge in [0.1, 0.15) is 5.75 Å². The monoisotopic (exact) mass is 265 g/mol. The molecule has 4 nitrogen and oxygen atoms in total. The zero-order valence-corrected chi connectivity index (χ0v) is 11.0. The summed E-state index contributed by atoms with van der Waals surface area (Å²) in [6.45, 7) is 0.158. The quantitative estimate of drug-likeness (QED) is 0.830. The minimum absolute atomic E-state index is 0.158. The number of hydrogen-bond acceptors (Lipinski definition) is 3. The summed E-state index contributed by atoms with van der Waals surface area (Å²) in [5.74, 6) is 6.47. The van der Waals surface area contributed by atoms with Gasteiger partial charge in [0, 0.05) is 5.56 Å². The van der Waals surface area contributed by atoms with Gasteiger partial charge in [-0.3, -0.25) is 0 Å². The summed E-state index contributed by atoms with van der Waals surface area (Å²) < 4.78 is 30.5. The highest BCUT2D eigenvalue weighted by Crippen LogP contribution is 2.27. The molecular formula is C13H15NO3S. The molecule has 0 heterocycles. The van der Waals surface area contributed by atoms with E-state index < -0.39 is 10.0 Å². The molecule has 2 rings (SSSR count). The normalized spacial score (nSPS) is 14.7. The number of sulfonamides is 1. The number of rotatable bonds is 4. The van der Waals surface area contributed by atoms with Crippen LogP contribution in [0.4, 0.5) is 0 Å². The van der Waals surface area contributed by atoms with Gasteiger partial charge in [-0.1, -0.05) is 11.8 Å². The van der Waals surface area contributed by atoms with E-state index in [1.165, 1.54) is 0 Å².